The van der Waals surface area contributed by atoms with E-state index in [-0.39, 0.29) is 5.41 Å². The number of nitrogens with two attached hydrogens (primary N) is 1. The Labute approximate surface area is 191 Å². The van der Waals surface area contributed by atoms with E-state index in [0.29, 0.717) is 21.6 Å². The van der Waals surface area contributed by atoms with Crippen LogP contribution in [0.3, 0.4) is 0 Å². The lowest BCUT2D eigenvalue weighted by Gasteiger charge is -2.31. The molecule has 0 bridgehead atoms. The van der Waals surface area contributed by atoms with Gasteiger partial charge in [-0.25, -0.2) is 9.97 Å². The molecule has 5 rings (SSSR count). The summed E-state index contributed by atoms with van der Waals surface area (Å²) in [6.07, 6.45) is 1.97. The molecular formula is C23H32F3N5S. The molecule has 5 nitrogen and oxygen atoms in total. The van der Waals surface area contributed by atoms with Crippen molar-refractivity contribution in [3.8, 4) is 0 Å². The number of fused-ring (bicyclic) bond motifs is 1. The van der Waals surface area contributed by atoms with Gasteiger partial charge in [0.15, 0.2) is 0 Å². The molecule has 1 aliphatic carbocycles. The molecule has 4 heterocycles. The zero-order valence-electron chi connectivity index (χ0n) is 18.6. The van der Waals surface area contributed by atoms with Crippen LogP contribution in [0.1, 0.15) is 49.2 Å². The minimum Gasteiger partial charge on any atom is -0.355 e. The second-order valence-electron chi connectivity index (χ2n) is 10.3. The van der Waals surface area contributed by atoms with Crippen LogP contribution in [0.15, 0.2) is 6.07 Å². The Balaban J connectivity index is 1.29. The van der Waals surface area contributed by atoms with E-state index >= 15 is 0 Å². The van der Waals surface area contributed by atoms with Crippen molar-refractivity contribution in [2.75, 3.05) is 37.6 Å². The van der Waals surface area contributed by atoms with Gasteiger partial charge in [0.05, 0.1) is 11.8 Å². The lowest BCUT2D eigenvalue weighted by atomic mass is 9.85. The molecule has 1 unspecified atom stereocenters. The number of anilines is 1. The average Bonchev–Trinajstić information content (AvgIpc) is 3.41. The van der Waals surface area contributed by atoms with E-state index in [2.05, 4.69) is 19.8 Å². The second kappa shape index (κ2) is 8.40. The van der Waals surface area contributed by atoms with Gasteiger partial charge in [0.25, 0.3) is 0 Å². The summed E-state index contributed by atoms with van der Waals surface area (Å²) in [4.78, 5) is 15.0. The summed E-state index contributed by atoms with van der Waals surface area (Å²) < 4.78 is 38.8. The SMILES string of the molecule is Cc1nc(N2CCC3(CCN(C[C@H]4CC[C@H](N)CC4)C3)C2)c2cc(CC(F)(F)F)sc2n1. The summed E-state index contributed by atoms with van der Waals surface area (Å²) in [5.41, 5.74) is 6.33. The van der Waals surface area contributed by atoms with Gasteiger partial charge in [0.1, 0.15) is 16.5 Å². The van der Waals surface area contributed by atoms with Crippen molar-refractivity contribution >= 4 is 27.4 Å². The van der Waals surface area contributed by atoms with Crippen LogP contribution in [0, 0.1) is 18.3 Å². The number of alkyl halides is 3. The monoisotopic (exact) mass is 467 g/mol. The van der Waals surface area contributed by atoms with Gasteiger partial charge in [0, 0.05) is 42.5 Å². The van der Waals surface area contributed by atoms with Gasteiger partial charge in [-0.3, -0.25) is 0 Å². The summed E-state index contributed by atoms with van der Waals surface area (Å²) in [5, 5.41) is 0.769. The van der Waals surface area contributed by atoms with Gasteiger partial charge in [-0.2, -0.15) is 13.2 Å². The molecule has 32 heavy (non-hydrogen) atoms. The highest BCUT2D eigenvalue weighted by Crippen LogP contribution is 2.43. The summed E-state index contributed by atoms with van der Waals surface area (Å²) >= 11 is 1.14. The second-order valence-corrected chi connectivity index (χ2v) is 11.4. The maximum absolute atomic E-state index is 12.9. The Morgan fingerprint density at radius 2 is 1.88 bits per heavy atom. The predicted octanol–water partition coefficient (Wildman–Crippen LogP) is 4.52. The van der Waals surface area contributed by atoms with E-state index in [1.54, 1.807) is 6.07 Å². The van der Waals surface area contributed by atoms with Crippen LogP contribution in [0.4, 0.5) is 19.0 Å². The number of likely N-dealkylation sites (tertiary alicyclic amines) is 1. The van der Waals surface area contributed by atoms with Gasteiger partial charge in [-0.1, -0.05) is 0 Å². The van der Waals surface area contributed by atoms with Gasteiger partial charge in [-0.15, -0.1) is 11.3 Å². The molecule has 176 valence electrons. The lowest BCUT2D eigenvalue weighted by molar-refractivity contribution is -0.126. The molecule has 2 aromatic heterocycles. The maximum Gasteiger partial charge on any atom is 0.393 e. The van der Waals surface area contributed by atoms with E-state index in [9.17, 15) is 13.2 Å². The van der Waals surface area contributed by atoms with Gasteiger partial charge in [0.2, 0.25) is 0 Å². The molecule has 2 saturated heterocycles. The molecule has 1 saturated carbocycles. The third-order valence-electron chi connectivity index (χ3n) is 7.57. The first-order chi connectivity index (χ1) is 15.2. The summed E-state index contributed by atoms with van der Waals surface area (Å²) in [5.74, 6) is 2.20. The van der Waals surface area contributed by atoms with Crippen LogP contribution in [0.2, 0.25) is 0 Å². The maximum atomic E-state index is 12.9. The normalized spacial score (nSPS) is 29.6. The molecule has 1 spiro atoms. The number of hydrogen-bond acceptors (Lipinski definition) is 6. The number of aromatic nitrogens is 2. The van der Waals surface area contributed by atoms with Crippen LogP contribution in [0.5, 0.6) is 0 Å². The van der Waals surface area contributed by atoms with Crippen molar-refractivity contribution < 1.29 is 13.2 Å². The van der Waals surface area contributed by atoms with Crippen molar-refractivity contribution in [1.29, 1.82) is 0 Å². The van der Waals surface area contributed by atoms with Crippen molar-refractivity contribution in [1.82, 2.24) is 14.9 Å². The van der Waals surface area contributed by atoms with Gasteiger partial charge >= 0.3 is 6.18 Å². The number of hydrogen-bond donors (Lipinski definition) is 1. The number of thiophene rings is 1. The molecule has 3 aliphatic rings. The first-order valence-electron chi connectivity index (χ1n) is 11.7. The van der Waals surface area contributed by atoms with Crippen molar-refractivity contribution in [3.63, 3.8) is 0 Å². The zero-order valence-corrected chi connectivity index (χ0v) is 19.4. The molecule has 2 aliphatic heterocycles. The minimum absolute atomic E-state index is 0.265. The number of halogens is 3. The van der Waals surface area contributed by atoms with Gasteiger partial charge < -0.3 is 15.5 Å². The fraction of sp³-hybridized carbons (Fsp3) is 0.739. The highest BCUT2D eigenvalue weighted by atomic mass is 32.1. The Morgan fingerprint density at radius 3 is 2.62 bits per heavy atom. The third-order valence-corrected chi connectivity index (χ3v) is 8.60. The van der Waals surface area contributed by atoms with E-state index < -0.39 is 12.6 Å². The van der Waals surface area contributed by atoms with Crippen molar-refractivity contribution in [2.45, 2.75) is 64.1 Å². The molecule has 3 fully saturated rings. The van der Waals surface area contributed by atoms with E-state index in [1.807, 2.05) is 6.92 Å². The minimum atomic E-state index is -4.21. The molecule has 2 N–H and O–H groups in total. The summed E-state index contributed by atoms with van der Waals surface area (Å²) in [6, 6.07) is 2.05. The smallest absolute Gasteiger partial charge is 0.355 e. The molecular weight excluding hydrogens is 435 g/mol. The Hall–Kier alpha value is -1.45. The van der Waals surface area contributed by atoms with Gasteiger partial charge in [-0.05, 0) is 64.0 Å². The highest BCUT2D eigenvalue weighted by molar-refractivity contribution is 7.18. The number of nitrogens with zero attached hydrogens (tertiary/aromatic N) is 4. The molecule has 1 atom stereocenters. The largest absolute Gasteiger partial charge is 0.393 e. The van der Waals surface area contributed by atoms with Crippen molar-refractivity contribution in [2.24, 2.45) is 17.1 Å². The topological polar surface area (TPSA) is 58.3 Å². The van der Waals surface area contributed by atoms with E-state index in [1.165, 1.54) is 25.8 Å². The number of aryl methyl sites for hydroxylation is 1. The standard InChI is InChI=1S/C23H32F3N5S/c1-15-28-20(19-10-18(11-23(24,25)26)32-21(19)29-15)31-9-7-22(14-31)6-8-30(13-22)12-16-2-4-17(27)5-3-16/h10,16-17H,2-9,11-14,27H2,1H3/t16-,17-,22?. The first-order valence-corrected chi connectivity index (χ1v) is 12.6. The third kappa shape index (κ3) is 4.75. The molecule has 0 aromatic carbocycles. The predicted molar refractivity (Wildman–Crippen MR) is 122 cm³/mol. The summed E-state index contributed by atoms with van der Waals surface area (Å²) in [6.45, 7) is 7.09. The van der Waals surface area contributed by atoms with Crippen LogP contribution < -0.4 is 10.6 Å². The Kier molecular flexibility index (Phi) is 5.87. The molecule has 0 amide bonds. The van der Waals surface area contributed by atoms with Crippen LogP contribution in [-0.4, -0.2) is 59.8 Å². The molecule has 2 aromatic rings. The average molecular weight is 468 g/mol. The fourth-order valence-electron chi connectivity index (χ4n) is 5.95. The first kappa shape index (κ1) is 22.3. The quantitative estimate of drug-likeness (QED) is 0.716. The van der Waals surface area contributed by atoms with Crippen LogP contribution in [-0.2, 0) is 6.42 Å². The summed E-state index contributed by atoms with van der Waals surface area (Å²) in [7, 11) is 0. The van der Waals surface area contributed by atoms with E-state index in [4.69, 9.17) is 5.73 Å². The number of rotatable bonds is 4. The highest BCUT2D eigenvalue weighted by Gasteiger charge is 2.44. The van der Waals surface area contributed by atoms with Crippen molar-refractivity contribution in [3.05, 3.63) is 16.8 Å². The van der Waals surface area contributed by atoms with E-state index in [0.717, 1.165) is 73.9 Å². The van der Waals surface area contributed by atoms with Crippen LogP contribution >= 0.6 is 11.3 Å². The lowest BCUT2D eigenvalue weighted by Crippen LogP contribution is -2.35. The molecule has 9 heteroatoms. The molecule has 0 radical (unpaired) electrons. The fourth-order valence-corrected chi connectivity index (χ4v) is 7.05. The van der Waals surface area contributed by atoms with Crippen LogP contribution in [0.25, 0.3) is 10.2 Å². The Morgan fingerprint density at radius 1 is 1.12 bits per heavy atom. The Bertz CT molecular complexity index is 968. The zero-order chi connectivity index (χ0) is 22.5.